The van der Waals surface area contributed by atoms with E-state index in [0.29, 0.717) is 12.3 Å². The largest absolute Gasteiger partial charge is 0.349 e. The molecule has 2 N–H and O–H groups in total. The number of halogens is 1. The van der Waals surface area contributed by atoms with Gasteiger partial charge >= 0.3 is 0 Å². The lowest BCUT2D eigenvalue weighted by molar-refractivity contribution is -0.122. The summed E-state index contributed by atoms with van der Waals surface area (Å²) in [5, 5.41) is 10.8. The number of aromatic nitrogens is 2. The predicted octanol–water partition coefficient (Wildman–Crippen LogP) is 3.28. The van der Waals surface area contributed by atoms with Gasteiger partial charge in [0.15, 0.2) is 0 Å². The quantitative estimate of drug-likeness (QED) is 0.833. The maximum absolute atomic E-state index is 13.1. The summed E-state index contributed by atoms with van der Waals surface area (Å²) < 4.78 is 14.9. The number of amides is 1. The molecule has 3 rings (SSSR count). The molecule has 1 atom stereocenters. The van der Waals surface area contributed by atoms with Crippen molar-refractivity contribution >= 4 is 5.91 Å². The number of rotatable bonds is 6. The van der Waals surface area contributed by atoms with E-state index in [-0.39, 0.29) is 17.8 Å². The summed E-state index contributed by atoms with van der Waals surface area (Å²) in [5.74, 6) is 0.471. The molecule has 1 aliphatic rings. The molecule has 0 bridgehead atoms. The SMILES string of the molecule is Cc1c(C(C)NC(=O)CCC2CCNCC2)cnn1-c1ccc(F)cc1. The first-order valence-corrected chi connectivity index (χ1v) is 9.35. The maximum Gasteiger partial charge on any atom is 0.220 e. The third kappa shape index (κ3) is 4.49. The Bertz CT molecular complexity index is 735. The monoisotopic (exact) mass is 358 g/mol. The average molecular weight is 358 g/mol. The molecule has 1 unspecified atom stereocenters. The van der Waals surface area contributed by atoms with Crippen LogP contribution in [0.25, 0.3) is 5.69 Å². The molecule has 1 saturated heterocycles. The zero-order chi connectivity index (χ0) is 18.5. The molecule has 1 amide bonds. The van der Waals surface area contributed by atoms with Gasteiger partial charge in [-0.3, -0.25) is 4.79 Å². The van der Waals surface area contributed by atoms with Gasteiger partial charge in [0.25, 0.3) is 0 Å². The predicted molar refractivity (Wildman–Crippen MR) is 99.6 cm³/mol. The molecule has 0 saturated carbocycles. The standard InChI is InChI=1S/C20H27FN4O/c1-14(24-20(26)8-3-16-9-11-22-12-10-16)19-13-23-25(15(19)2)18-6-4-17(21)5-7-18/h4-7,13-14,16,22H,3,8-12H2,1-2H3,(H,24,26). The van der Waals surface area contributed by atoms with Gasteiger partial charge in [0.1, 0.15) is 5.82 Å². The van der Waals surface area contributed by atoms with Gasteiger partial charge < -0.3 is 10.6 Å². The van der Waals surface area contributed by atoms with Crippen LogP contribution in [0.1, 0.15) is 49.9 Å². The molecule has 0 aliphatic carbocycles. The Morgan fingerprint density at radius 3 is 2.73 bits per heavy atom. The van der Waals surface area contributed by atoms with Gasteiger partial charge in [-0.1, -0.05) is 0 Å². The Labute approximate surface area is 154 Å². The number of piperidine rings is 1. The Kier molecular flexibility index (Phi) is 6.04. The van der Waals surface area contributed by atoms with Crippen molar-refractivity contribution in [3.8, 4) is 5.69 Å². The van der Waals surface area contributed by atoms with Crippen LogP contribution in [-0.4, -0.2) is 28.8 Å². The van der Waals surface area contributed by atoms with Crippen LogP contribution in [0.2, 0.25) is 0 Å². The van der Waals surface area contributed by atoms with Crippen molar-refractivity contribution in [3.05, 3.63) is 47.5 Å². The van der Waals surface area contributed by atoms with Gasteiger partial charge in [-0.05, 0) is 76.4 Å². The first kappa shape index (κ1) is 18.6. The van der Waals surface area contributed by atoms with E-state index in [4.69, 9.17) is 0 Å². The van der Waals surface area contributed by atoms with Crippen LogP contribution in [0.3, 0.4) is 0 Å². The highest BCUT2D eigenvalue weighted by molar-refractivity contribution is 5.76. The highest BCUT2D eigenvalue weighted by Crippen LogP contribution is 2.21. The van der Waals surface area contributed by atoms with Gasteiger partial charge in [0.2, 0.25) is 5.91 Å². The molecule has 0 radical (unpaired) electrons. The van der Waals surface area contributed by atoms with Crippen molar-refractivity contribution in [3.63, 3.8) is 0 Å². The fourth-order valence-corrected chi connectivity index (χ4v) is 3.59. The Morgan fingerprint density at radius 2 is 2.04 bits per heavy atom. The minimum atomic E-state index is -0.270. The molecule has 5 nitrogen and oxygen atoms in total. The molecule has 1 aromatic carbocycles. The van der Waals surface area contributed by atoms with E-state index >= 15 is 0 Å². The first-order chi connectivity index (χ1) is 12.5. The topological polar surface area (TPSA) is 59.0 Å². The van der Waals surface area contributed by atoms with Crippen LogP contribution < -0.4 is 10.6 Å². The fourth-order valence-electron chi connectivity index (χ4n) is 3.59. The lowest BCUT2D eigenvalue weighted by atomic mass is 9.93. The van der Waals surface area contributed by atoms with E-state index in [9.17, 15) is 9.18 Å². The number of nitrogens with one attached hydrogen (secondary N) is 2. The third-order valence-electron chi connectivity index (χ3n) is 5.20. The normalized spacial score (nSPS) is 16.4. The van der Waals surface area contributed by atoms with Crippen molar-refractivity contribution < 1.29 is 9.18 Å². The second-order valence-electron chi connectivity index (χ2n) is 7.09. The average Bonchev–Trinajstić information content (AvgIpc) is 3.03. The fraction of sp³-hybridized carbons (Fsp3) is 0.500. The van der Waals surface area contributed by atoms with Crippen molar-refractivity contribution in [2.75, 3.05) is 13.1 Å². The van der Waals surface area contributed by atoms with Gasteiger partial charge in [-0.15, -0.1) is 0 Å². The molecular weight excluding hydrogens is 331 g/mol. The molecule has 1 aromatic heterocycles. The van der Waals surface area contributed by atoms with Gasteiger partial charge in [-0.25, -0.2) is 9.07 Å². The number of benzene rings is 1. The van der Waals surface area contributed by atoms with E-state index in [1.165, 1.54) is 12.1 Å². The summed E-state index contributed by atoms with van der Waals surface area (Å²) in [7, 11) is 0. The van der Waals surface area contributed by atoms with Crippen LogP contribution in [0, 0.1) is 18.7 Å². The van der Waals surface area contributed by atoms with Crippen LogP contribution in [0.5, 0.6) is 0 Å². The summed E-state index contributed by atoms with van der Waals surface area (Å²) >= 11 is 0. The van der Waals surface area contributed by atoms with Crippen molar-refractivity contribution in [1.29, 1.82) is 0 Å². The lowest BCUT2D eigenvalue weighted by Gasteiger charge is -2.22. The van der Waals surface area contributed by atoms with Crippen molar-refractivity contribution in [2.45, 2.75) is 45.6 Å². The molecular formula is C20H27FN4O. The van der Waals surface area contributed by atoms with E-state index in [0.717, 1.165) is 49.3 Å². The maximum atomic E-state index is 13.1. The van der Waals surface area contributed by atoms with E-state index in [1.807, 2.05) is 13.8 Å². The minimum Gasteiger partial charge on any atom is -0.349 e. The second kappa shape index (κ2) is 8.45. The van der Waals surface area contributed by atoms with Gasteiger partial charge in [-0.2, -0.15) is 5.10 Å². The zero-order valence-electron chi connectivity index (χ0n) is 15.5. The molecule has 1 fully saturated rings. The van der Waals surface area contributed by atoms with Crippen LogP contribution in [-0.2, 0) is 4.79 Å². The van der Waals surface area contributed by atoms with E-state index in [2.05, 4.69) is 15.7 Å². The van der Waals surface area contributed by atoms with Gasteiger partial charge in [0.05, 0.1) is 17.9 Å². The zero-order valence-corrected chi connectivity index (χ0v) is 15.5. The Hall–Kier alpha value is -2.21. The van der Waals surface area contributed by atoms with E-state index in [1.54, 1.807) is 23.0 Å². The molecule has 140 valence electrons. The molecule has 1 aliphatic heterocycles. The summed E-state index contributed by atoms with van der Waals surface area (Å²) in [4.78, 5) is 12.3. The molecule has 26 heavy (non-hydrogen) atoms. The third-order valence-corrected chi connectivity index (χ3v) is 5.20. The summed E-state index contributed by atoms with van der Waals surface area (Å²) in [5.41, 5.74) is 2.73. The number of carbonyl (C=O) groups is 1. The summed E-state index contributed by atoms with van der Waals surface area (Å²) in [6.07, 6.45) is 5.61. The highest BCUT2D eigenvalue weighted by atomic mass is 19.1. The van der Waals surface area contributed by atoms with Crippen LogP contribution in [0.15, 0.2) is 30.5 Å². The van der Waals surface area contributed by atoms with E-state index < -0.39 is 0 Å². The smallest absolute Gasteiger partial charge is 0.220 e. The lowest BCUT2D eigenvalue weighted by Crippen LogP contribution is -2.30. The van der Waals surface area contributed by atoms with Gasteiger partial charge in [0, 0.05) is 17.7 Å². The molecule has 0 spiro atoms. The summed E-state index contributed by atoms with van der Waals surface area (Å²) in [6.45, 7) is 6.06. The molecule has 2 heterocycles. The number of nitrogens with zero attached hydrogens (tertiary/aromatic N) is 2. The molecule has 6 heteroatoms. The van der Waals surface area contributed by atoms with Crippen LogP contribution >= 0.6 is 0 Å². The number of hydrogen-bond acceptors (Lipinski definition) is 3. The molecule has 2 aromatic rings. The number of hydrogen-bond donors (Lipinski definition) is 2. The minimum absolute atomic E-state index is 0.0879. The summed E-state index contributed by atoms with van der Waals surface area (Å²) in [6, 6.07) is 6.12. The highest BCUT2D eigenvalue weighted by Gasteiger charge is 2.18. The first-order valence-electron chi connectivity index (χ1n) is 9.35. The van der Waals surface area contributed by atoms with Crippen molar-refractivity contribution in [2.24, 2.45) is 5.92 Å². The number of carbonyl (C=O) groups excluding carboxylic acids is 1. The second-order valence-corrected chi connectivity index (χ2v) is 7.09. The Balaban J connectivity index is 1.58. The van der Waals surface area contributed by atoms with Crippen LogP contribution in [0.4, 0.5) is 4.39 Å². The Morgan fingerprint density at radius 1 is 1.35 bits per heavy atom. The van der Waals surface area contributed by atoms with Crippen molar-refractivity contribution in [1.82, 2.24) is 20.4 Å².